The summed E-state index contributed by atoms with van der Waals surface area (Å²) < 4.78 is 5.37. The van der Waals surface area contributed by atoms with Gasteiger partial charge in [-0.3, -0.25) is 0 Å². The molecule has 6 rings (SSSR count). The van der Waals surface area contributed by atoms with Crippen LogP contribution < -0.4 is 0 Å². The van der Waals surface area contributed by atoms with E-state index >= 15 is 0 Å². The van der Waals surface area contributed by atoms with Gasteiger partial charge in [0.25, 0.3) is 0 Å². The van der Waals surface area contributed by atoms with Crippen LogP contribution in [-0.4, -0.2) is 8.66 Å². The van der Waals surface area contributed by atoms with Gasteiger partial charge in [0.05, 0.1) is 11.0 Å². The number of nitrogens with zero attached hydrogens (tertiary/aromatic N) is 2. The third kappa shape index (κ3) is 3.61. The van der Waals surface area contributed by atoms with Gasteiger partial charge in [-0.05, 0) is 64.3 Å². The van der Waals surface area contributed by atoms with E-state index in [9.17, 15) is 0 Å². The largest absolute Gasteiger partial charge is 0.321 e. The second kappa shape index (κ2) is 8.75. The lowest BCUT2D eigenvalue weighted by Gasteiger charge is -2.39. The summed E-state index contributed by atoms with van der Waals surface area (Å²) in [7, 11) is 4.20. The molecule has 0 radical (unpaired) electrons. The third-order valence-corrected chi connectivity index (χ3v) is 11.5. The average molecular weight is 481 g/mol. The van der Waals surface area contributed by atoms with E-state index in [2.05, 4.69) is 116 Å². The fourth-order valence-electron chi connectivity index (χ4n) is 6.87. The minimum Gasteiger partial charge on any atom is -0.321 e. The molecule has 3 unspecified atom stereocenters. The molecule has 0 spiro atoms. The molecule has 0 aliphatic heterocycles. The topological polar surface area (TPSA) is 9.86 Å². The monoisotopic (exact) mass is 480 g/mol. The predicted octanol–water partition coefficient (Wildman–Crippen LogP) is 9.72. The number of aryl methyl sites for hydroxylation is 2. The van der Waals surface area contributed by atoms with Crippen LogP contribution in [0, 0.1) is 17.8 Å². The molecule has 1 aliphatic carbocycles. The van der Waals surface area contributed by atoms with Crippen LogP contribution in [0.4, 0.5) is 0 Å². The minimum atomic E-state index is -0.555. The molecule has 0 bridgehead atoms. The van der Waals surface area contributed by atoms with Gasteiger partial charge >= 0.3 is 0 Å². The van der Waals surface area contributed by atoms with Crippen molar-refractivity contribution in [3.63, 3.8) is 0 Å². The minimum absolute atomic E-state index is 0.555. The first-order valence-corrected chi connectivity index (χ1v) is 14.6. The molecule has 0 saturated heterocycles. The van der Waals surface area contributed by atoms with Gasteiger partial charge in [0.1, 0.15) is 0 Å². The Morgan fingerprint density at radius 3 is 1.74 bits per heavy atom. The Kier molecular flexibility index (Phi) is 5.69. The quantitative estimate of drug-likeness (QED) is 0.238. The lowest BCUT2D eigenvalue weighted by molar-refractivity contribution is 0.222. The van der Waals surface area contributed by atoms with Crippen LogP contribution in [0.2, 0.25) is 0 Å². The van der Waals surface area contributed by atoms with E-state index in [1.165, 1.54) is 62.6 Å². The van der Waals surface area contributed by atoms with Gasteiger partial charge in [-0.15, -0.1) is 0 Å². The molecule has 1 fully saturated rings. The van der Waals surface area contributed by atoms with E-state index in [1.54, 1.807) is 0 Å². The van der Waals surface area contributed by atoms with Crippen molar-refractivity contribution in [3.8, 4) is 0 Å². The van der Waals surface area contributed by atoms with E-state index in [0.717, 1.165) is 11.8 Å². The molecule has 2 nitrogen and oxygen atoms in total. The van der Waals surface area contributed by atoms with Gasteiger partial charge in [-0.25, -0.2) is 0 Å². The Labute approximate surface area is 210 Å². The van der Waals surface area contributed by atoms with Crippen molar-refractivity contribution in [1.82, 2.24) is 8.66 Å². The lowest BCUT2D eigenvalue weighted by Crippen LogP contribution is -2.25. The van der Waals surface area contributed by atoms with Gasteiger partial charge in [0.15, 0.2) is 0 Å². The van der Waals surface area contributed by atoms with E-state index < -0.39 is 7.85 Å². The highest BCUT2D eigenvalue weighted by atomic mass is 31.1. The number of fused-ring (bicyclic) bond motifs is 7. The molecule has 1 heterocycles. The van der Waals surface area contributed by atoms with Crippen molar-refractivity contribution in [2.45, 2.75) is 45.7 Å². The lowest BCUT2D eigenvalue weighted by atomic mass is 9.77. The maximum absolute atomic E-state index is 2.68. The Bertz CT molecular complexity index is 1510. The van der Waals surface area contributed by atoms with E-state index in [4.69, 9.17) is 0 Å². The van der Waals surface area contributed by atoms with E-state index in [1.807, 2.05) is 0 Å². The molecule has 35 heavy (non-hydrogen) atoms. The maximum atomic E-state index is 2.68. The average Bonchev–Trinajstić information content (AvgIpc) is 2.96. The first-order chi connectivity index (χ1) is 17.0. The van der Waals surface area contributed by atoms with E-state index in [0.29, 0.717) is 11.6 Å². The van der Waals surface area contributed by atoms with Gasteiger partial charge in [-0.2, -0.15) is 0 Å². The Hall–Kier alpha value is -2.70. The molecule has 1 aliphatic rings. The zero-order valence-electron chi connectivity index (χ0n) is 21.7. The first-order valence-electron chi connectivity index (χ1n) is 13.3. The van der Waals surface area contributed by atoms with Crippen molar-refractivity contribution >= 4 is 51.2 Å². The summed E-state index contributed by atoms with van der Waals surface area (Å²) in [5, 5.41) is 8.16. The number of aromatic nitrogens is 2. The zero-order valence-corrected chi connectivity index (χ0v) is 22.6. The molecular weight excluding hydrogens is 443 g/mol. The summed E-state index contributed by atoms with van der Waals surface area (Å²) in [6, 6.07) is 27.3. The van der Waals surface area contributed by atoms with Gasteiger partial charge in [0.2, 0.25) is 0 Å². The second-order valence-electron chi connectivity index (χ2n) is 11.1. The van der Waals surface area contributed by atoms with Crippen molar-refractivity contribution in [1.29, 1.82) is 0 Å². The third-order valence-electron chi connectivity index (χ3n) is 8.66. The van der Waals surface area contributed by atoms with Crippen LogP contribution in [0.25, 0.3) is 43.4 Å². The van der Waals surface area contributed by atoms with Crippen LogP contribution in [0.15, 0.2) is 72.8 Å². The van der Waals surface area contributed by atoms with Crippen molar-refractivity contribution in [3.05, 3.63) is 72.8 Å². The van der Waals surface area contributed by atoms with Gasteiger partial charge < -0.3 is 8.66 Å². The van der Waals surface area contributed by atoms with Crippen molar-refractivity contribution < 1.29 is 0 Å². The SMILES string of the molecule is CC1CCC(C(C)C)C(p2n(C)c3ccc4ccccc4c3c3c4ccccc4ccc3n2C)C1. The van der Waals surface area contributed by atoms with Crippen LogP contribution >= 0.6 is 7.85 Å². The fraction of sp³-hybridized carbons (Fsp3) is 0.375. The number of hydrogen-bond acceptors (Lipinski definition) is 0. The normalized spacial score (nSPS) is 20.9. The molecule has 4 aromatic carbocycles. The predicted molar refractivity (Wildman–Crippen MR) is 155 cm³/mol. The van der Waals surface area contributed by atoms with Gasteiger partial charge in [0, 0.05) is 38.4 Å². The molecule has 3 heteroatoms. The molecule has 1 saturated carbocycles. The summed E-state index contributed by atoms with van der Waals surface area (Å²) >= 11 is 0. The highest BCUT2D eigenvalue weighted by Gasteiger charge is 2.34. The van der Waals surface area contributed by atoms with Crippen molar-refractivity contribution in [2.75, 3.05) is 0 Å². The van der Waals surface area contributed by atoms with Crippen LogP contribution in [-0.2, 0) is 14.1 Å². The highest BCUT2D eigenvalue weighted by molar-refractivity contribution is 7.43. The molecule has 0 N–H and O–H groups in total. The summed E-state index contributed by atoms with van der Waals surface area (Å²) in [4.78, 5) is 0. The Morgan fingerprint density at radius 1 is 0.714 bits per heavy atom. The number of hydrogen-bond donors (Lipinski definition) is 0. The van der Waals surface area contributed by atoms with Crippen molar-refractivity contribution in [2.24, 2.45) is 31.8 Å². The summed E-state index contributed by atoms with van der Waals surface area (Å²) in [6.45, 7) is 7.37. The van der Waals surface area contributed by atoms with Gasteiger partial charge in [-0.1, -0.05) is 87.9 Å². The maximum Gasteiger partial charge on any atom is 0.0532 e. The molecule has 5 aromatic rings. The number of benzene rings is 4. The Balaban J connectivity index is 1.86. The molecule has 1 aromatic heterocycles. The fourth-order valence-corrected chi connectivity index (χ4v) is 10.3. The van der Waals surface area contributed by atoms with Crippen LogP contribution in [0.1, 0.15) is 45.7 Å². The molecular formula is C32H37N2P. The smallest absolute Gasteiger partial charge is 0.0532 e. The number of rotatable bonds is 2. The summed E-state index contributed by atoms with van der Waals surface area (Å²) in [6.07, 6.45) is 4.06. The van der Waals surface area contributed by atoms with E-state index in [-0.39, 0.29) is 0 Å². The summed E-state index contributed by atoms with van der Waals surface area (Å²) in [5.74, 6) is 2.29. The standard InChI is InChI=1S/C32H37N2P/c1-21(2)25-17-14-22(3)20-30(25)35-33(4)28-18-15-23-10-6-8-12-26(23)31(28)32-27-13-9-7-11-24(27)16-19-29(32)34(35)5/h6-13,15-16,18-19,21-22,25,30H,14,17,20H2,1-5H3. The van der Waals surface area contributed by atoms with Crippen LogP contribution in [0.3, 0.4) is 0 Å². The highest BCUT2D eigenvalue weighted by Crippen LogP contribution is 2.55. The summed E-state index contributed by atoms with van der Waals surface area (Å²) in [5.41, 5.74) is 3.47. The molecule has 0 amide bonds. The zero-order chi connectivity index (χ0) is 24.3. The first kappa shape index (κ1) is 22.7. The second-order valence-corrected chi connectivity index (χ2v) is 13.6. The Morgan fingerprint density at radius 2 is 1.23 bits per heavy atom. The van der Waals surface area contributed by atoms with Crippen LogP contribution in [0.5, 0.6) is 0 Å². The molecule has 3 atom stereocenters. The molecule has 180 valence electrons.